The van der Waals surface area contributed by atoms with Crippen LogP contribution in [-0.2, 0) is 11.3 Å². The van der Waals surface area contributed by atoms with E-state index in [1.165, 1.54) is 15.8 Å². The largest absolute Gasteiger partial charge is 0.375 e. The second-order valence-corrected chi connectivity index (χ2v) is 5.82. The van der Waals surface area contributed by atoms with Crippen LogP contribution in [0.1, 0.15) is 11.3 Å². The first kappa shape index (κ1) is 9.33. The maximum absolute atomic E-state index is 5.58. The van der Waals surface area contributed by atoms with Gasteiger partial charge >= 0.3 is 0 Å². The molecule has 2 atom stereocenters. The second-order valence-electron chi connectivity index (χ2n) is 3.97. The molecule has 0 aromatic carbocycles. The van der Waals surface area contributed by atoms with Crippen LogP contribution in [0.15, 0.2) is 15.9 Å². The summed E-state index contributed by atoms with van der Waals surface area (Å²) >= 11 is 5.41. The third-order valence-electron chi connectivity index (χ3n) is 3.05. The Morgan fingerprint density at radius 2 is 2.57 bits per heavy atom. The quantitative estimate of drug-likeness (QED) is 0.821. The van der Waals surface area contributed by atoms with Crippen molar-refractivity contribution in [3.8, 4) is 0 Å². The molecule has 2 saturated heterocycles. The maximum atomic E-state index is 5.58. The number of thiophene rings is 1. The zero-order valence-electron chi connectivity index (χ0n) is 7.78. The van der Waals surface area contributed by atoms with E-state index in [1.54, 1.807) is 0 Å². The van der Waals surface area contributed by atoms with E-state index in [9.17, 15) is 0 Å². The van der Waals surface area contributed by atoms with Crippen LogP contribution in [0.4, 0.5) is 0 Å². The molecule has 1 aromatic rings. The molecule has 76 valence electrons. The van der Waals surface area contributed by atoms with Gasteiger partial charge in [-0.25, -0.2) is 0 Å². The van der Waals surface area contributed by atoms with Crippen LogP contribution in [0.25, 0.3) is 0 Å². The molecule has 2 fully saturated rings. The van der Waals surface area contributed by atoms with E-state index in [4.69, 9.17) is 4.74 Å². The molecule has 3 heterocycles. The van der Waals surface area contributed by atoms with Crippen molar-refractivity contribution in [2.75, 3.05) is 13.2 Å². The fourth-order valence-electron chi connectivity index (χ4n) is 2.30. The lowest BCUT2D eigenvalue weighted by Crippen LogP contribution is -2.36. The van der Waals surface area contributed by atoms with Gasteiger partial charge in [-0.1, -0.05) is 0 Å². The van der Waals surface area contributed by atoms with Crippen LogP contribution in [0.3, 0.4) is 0 Å². The summed E-state index contributed by atoms with van der Waals surface area (Å²) in [5.74, 6) is 0. The number of likely N-dealkylation sites (tertiary alicyclic amines) is 1. The van der Waals surface area contributed by atoms with Gasteiger partial charge in [0.15, 0.2) is 0 Å². The summed E-state index contributed by atoms with van der Waals surface area (Å²) in [5.41, 5.74) is 0. The Morgan fingerprint density at radius 1 is 1.64 bits per heavy atom. The van der Waals surface area contributed by atoms with E-state index >= 15 is 0 Å². The summed E-state index contributed by atoms with van der Waals surface area (Å²) in [5, 5.41) is 2.14. The van der Waals surface area contributed by atoms with Crippen molar-refractivity contribution in [1.82, 2.24) is 4.90 Å². The van der Waals surface area contributed by atoms with Crippen molar-refractivity contribution in [3.63, 3.8) is 0 Å². The second kappa shape index (κ2) is 3.59. The Bertz CT molecular complexity index is 341. The molecule has 1 aromatic heterocycles. The minimum absolute atomic E-state index is 0.513. The molecule has 2 bridgehead atoms. The summed E-state index contributed by atoms with van der Waals surface area (Å²) in [6, 6.07) is 2.80. The highest BCUT2D eigenvalue weighted by atomic mass is 79.9. The lowest BCUT2D eigenvalue weighted by Gasteiger charge is -2.26. The average molecular weight is 274 g/mol. The maximum Gasteiger partial charge on any atom is 0.0718 e. The van der Waals surface area contributed by atoms with E-state index in [0.717, 1.165) is 19.7 Å². The predicted octanol–water partition coefficient (Wildman–Crippen LogP) is 2.48. The van der Waals surface area contributed by atoms with Crippen molar-refractivity contribution in [2.24, 2.45) is 0 Å². The first-order chi connectivity index (χ1) is 6.83. The van der Waals surface area contributed by atoms with Crippen molar-refractivity contribution in [2.45, 2.75) is 25.1 Å². The van der Waals surface area contributed by atoms with Gasteiger partial charge in [-0.05, 0) is 33.8 Å². The van der Waals surface area contributed by atoms with Gasteiger partial charge in [0.2, 0.25) is 0 Å². The zero-order chi connectivity index (χ0) is 9.54. The highest BCUT2D eigenvalue weighted by Gasteiger charge is 2.38. The Labute approximate surface area is 96.0 Å². The van der Waals surface area contributed by atoms with Gasteiger partial charge < -0.3 is 4.74 Å². The van der Waals surface area contributed by atoms with E-state index in [-0.39, 0.29) is 0 Å². The van der Waals surface area contributed by atoms with Crippen molar-refractivity contribution < 1.29 is 4.74 Å². The number of morpholine rings is 1. The summed E-state index contributed by atoms with van der Waals surface area (Å²) in [6.07, 6.45) is 1.75. The fourth-order valence-corrected chi connectivity index (χ4v) is 3.80. The number of ether oxygens (including phenoxy) is 1. The van der Waals surface area contributed by atoms with Gasteiger partial charge in [0.05, 0.1) is 12.7 Å². The average Bonchev–Trinajstić information content (AvgIpc) is 2.83. The third kappa shape index (κ3) is 1.54. The number of hydrogen-bond donors (Lipinski definition) is 0. The number of rotatable bonds is 2. The normalized spacial score (nSPS) is 31.5. The summed E-state index contributed by atoms with van der Waals surface area (Å²) in [7, 11) is 0. The third-order valence-corrected chi connectivity index (χ3v) is 4.96. The number of nitrogens with zero attached hydrogens (tertiary/aromatic N) is 1. The van der Waals surface area contributed by atoms with Gasteiger partial charge in [0, 0.05) is 28.5 Å². The summed E-state index contributed by atoms with van der Waals surface area (Å²) in [4.78, 5) is 3.99. The Balaban J connectivity index is 1.71. The van der Waals surface area contributed by atoms with Gasteiger partial charge in [0.25, 0.3) is 0 Å². The van der Waals surface area contributed by atoms with Crippen LogP contribution in [0, 0.1) is 0 Å². The minimum atomic E-state index is 0.513. The van der Waals surface area contributed by atoms with E-state index in [0.29, 0.717) is 12.1 Å². The Morgan fingerprint density at radius 3 is 3.14 bits per heavy atom. The minimum Gasteiger partial charge on any atom is -0.375 e. The first-order valence-corrected chi connectivity index (χ1v) is 6.58. The van der Waals surface area contributed by atoms with Crippen molar-refractivity contribution >= 4 is 27.3 Å². The van der Waals surface area contributed by atoms with Crippen LogP contribution < -0.4 is 0 Å². The van der Waals surface area contributed by atoms with Crippen LogP contribution in [0.2, 0.25) is 0 Å². The highest BCUT2D eigenvalue weighted by Crippen LogP contribution is 2.32. The van der Waals surface area contributed by atoms with Crippen LogP contribution in [-0.4, -0.2) is 30.2 Å². The van der Waals surface area contributed by atoms with E-state index < -0.39 is 0 Å². The van der Waals surface area contributed by atoms with Gasteiger partial charge in [0.1, 0.15) is 0 Å². The molecule has 0 amide bonds. The number of fused-ring (bicyclic) bond motifs is 2. The molecule has 2 unspecified atom stereocenters. The molecule has 4 heteroatoms. The van der Waals surface area contributed by atoms with Gasteiger partial charge in [-0.3, -0.25) is 4.90 Å². The molecule has 0 saturated carbocycles. The summed E-state index contributed by atoms with van der Waals surface area (Å²) in [6.45, 7) is 3.14. The Kier molecular flexibility index (Phi) is 2.40. The van der Waals surface area contributed by atoms with Crippen molar-refractivity contribution in [3.05, 3.63) is 20.8 Å². The van der Waals surface area contributed by atoms with Crippen LogP contribution >= 0.6 is 27.3 Å². The molecule has 0 aliphatic carbocycles. The monoisotopic (exact) mass is 273 g/mol. The molecule has 2 aliphatic heterocycles. The first-order valence-electron chi connectivity index (χ1n) is 4.90. The molecule has 3 rings (SSSR count). The molecule has 0 N–H and O–H groups in total. The lowest BCUT2D eigenvalue weighted by molar-refractivity contribution is 0.0276. The van der Waals surface area contributed by atoms with E-state index in [1.807, 2.05) is 11.3 Å². The number of halogens is 1. The summed E-state index contributed by atoms with van der Waals surface area (Å²) < 4.78 is 6.84. The van der Waals surface area contributed by atoms with E-state index in [2.05, 4.69) is 32.3 Å². The highest BCUT2D eigenvalue weighted by molar-refractivity contribution is 9.10. The fraction of sp³-hybridized carbons (Fsp3) is 0.600. The predicted molar refractivity (Wildman–Crippen MR) is 60.6 cm³/mol. The standard InChI is InChI=1S/C10H12BrNOS/c11-9-1-2-14-10(9)5-12-4-8-3-7(12)6-13-8/h1-2,7-8H,3-6H2. The number of hydrogen-bond acceptors (Lipinski definition) is 3. The zero-order valence-corrected chi connectivity index (χ0v) is 10.2. The smallest absolute Gasteiger partial charge is 0.0718 e. The van der Waals surface area contributed by atoms with Gasteiger partial charge in [-0.2, -0.15) is 0 Å². The molecule has 0 radical (unpaired) electrons. The molecule has 2 nitrogen and oxygen atoms in total. The Hall–Kier alpha value is 0.1000. The SMILES string of the molecule is Brc1ccsc1CN1CC2CC1CO2. The van der Waals surface area contributed by atoms with Crippen molar-refractivity contribution in [1.29, 1.82) is 0 Å². The lowest BCUT2D eigenvalue weighted by atomic mass is 10.2. The molecule has 0 spiro atoms. The molecule has 14 heavy (non-hydrogen) atoms. The topological polar surface area (TPSA) is 12.5 Å². The molecular weight excluding hydrogens is 262 g/mol. The molecule has 2 aliphatic rings. The van der Waals surface area contributed by atoms with Gasteiger partial charge in [-0.15, -0.1) is 11.3 Å². The van der Waals surface area contributed by atoms with Crippen LogP contribution in [0.5, 0.6) is 0 Å². The molecular formula is C10H12BrNOS.